The van der Waals surface area contributed by atoms with Crippen molar-refractivity contribution in [3.05, 3.63) is 17.0 Å². The van der Waals surface area contributed by atoms with E-state index in [9.17, 15) is 8.42 Å². The van der Waals surface area contributed by atoms with E-state index in [1.807, 2.05) is 13.0 Å². The van der Waals surface area contributed by atoms with Crippen molar-refractivity contribution in [2.75, 3.05) is 27.2 Å². The molecule has 1 aliphatic rings. The third-order valence-corrected chi connectivity index (χ3v) is 6.83. The van der Waals surface area contributed by atoms with Gasteiger partial charge in [-0.25, -0.2) is 8.42 Å². The van der Waals surface area contributed by atoms with Gasteiger partial charge >= 0.3 is 0 Å². The Hall–Kier alpha value is -0.430. The number of sulfonamides is 1. The molecule has 0 unspecified atom stereocenters. The molecule has 0 atom stereocenters. The Morgan fingerprint density at radius 1 is 1.28 bits per heavy atom. The lowest BCUT2D eigenvalue weighted by Crippen LogP contribution is -2.44. The number of nitrogens with zero attached hydrogens (tertiary/aromatic N) is 2. The minimum Gasteiger partial charge on any atom is -0.306 e. The van der Waals surface area contributed by atoms with Crippen LogP contribution in [0.15, 0.2) is 16.3 Å². The molecule has 1 aromatic heterocycles. The van der Waals surface area contributed by atoms with Gasteiger partial charge in [0.15, 0.2) is 0 Å². The summed E-state index contributed by atoms with van der Waals surface area (Å²) in [6, 6.07) is 4.08. The summed E-state index contributed by atoms with van der Waals surface area (Å²) >= 11 is 1.36. The maximum Gasteiger partial charge on any atom is 0.252 e. The summed E-state index contributed by atoms with van der Waals surface area (Å²) in [5.74, 6) is 0. The summed E-state index contributed by atoms with van der Waals surface area (Å²) < 4.78 is 26.9. The van der Waals surface area contributed by atoms with Crippen LogP contribution in [0, 0.1) is 6.92 Å². The molecule has 1 saturated heterocycles. The highest BCUT2D eigenvalue weighted by Gasteiger charge is 2.30. The lowest BCUT2D eigenvalue weighted by Gasteiger charge is -2.34. The monoisotopic (exact) mass is 288 g/mol. The standard InChI is InChI=1S/C12H20N2O2S2/c1-10-4-5-12(17-10)18(15,16)14-8-6-11(7-9-14)13(2)3/h4-5,11H,6-9H2,1-3H3. The van der Waals surface area contributed by atoms with Crippen LogP contribution in [0.4, 0.5) is 0 Å². The summed E-state index contributed by atoms with van der Waals surface area (Å²) in [5, 5.41) is 0. The quantitative estimate of drug-likeness (QED) is 0.851. The Kier molecular flexibility index (Phi) is 4.11. The molecule has 1 fully saturated rings. The van der Waals surface area contributed by atoms with Gasteiger partial charge in [-0.1, -0.05) is 0 Å². The summed E-state index contributed by atoms with van der Waals surface area (Å²) in [4.78, 5) is 3.22. The third-order valence-electron chi connectivity index (χ3n) is 3.46. The van der Waals surface area contributed by atoms with Gasteiger partial charge in [0.1, 0.15) is 4.21 Å². The van der Waals surface area contributed by atoms with E-state index in [1.54, 1.807) is 10.4 Å². The van der Waals surface area contributed by atoms with Crippen LogP contribution in [0.2, 0.25) is 0 Å². The molecule has 2 heterocycles. The number of rotatable bonds is 3. The van der Waals surface area contributed by atoms with Crippen LogP contribution in [-0.2, 0) is 10.0 Å². The van der Waals surface area contributed by atoms with Gasteiger partial charge in [-0.05, 0) is 46.0 Å². The second-order valence-corrected chi connectivity index (χ2v) is 8.42. The molecule has 18 heavy (non-hydrogen) atoms. The minimum atomic E-state index is -3.26. The van der Waals surface area contributed by atoms with Crippen molar-refractivity contribution in [2.24, 2.45) is 0 Å². The van der Waals surface area contributed by atoms with Gasteiger partial charge in [0.25, 0.3) is 10.0 Å². The molecule has 2 rings (SSSR count). The van der Waals surface area contributed by atoms with Crippen LogP contribution in [0.1, 0.15) is 17.7 Å². The van der Waals surface area contributed by atoms with Crippen molar-refractivity contribution >= 4 is 21.4 Å². The lowest BCUT2D eigenvalue weighted by molar-refractivity contribution is 0.197. The normalized spacial score (nSPS) is 19.6. The Labute approximate surface area is 113 Å². The van der Waals surface area contributed by atoms with Gasteiger partial charge in [0.05, 0.1) is 0 Å². The number of hydrogen-bond donors (Lipinski definition) is 0. The highest BCUT2D eigenvalue weighted by molar-refractivity contribution is 7.91. The maximum absolute atomic E-state index is 12.4. The van der Waals surface area contributed by atoms with Crippen molar-refractivity contribution < 1.29 is 8.42 Å². The lowest BCUT2D eigenvalue weighted by atomic mass is 10.1. The first-order valence-corrected chi connectivity index (χ1v) is 8.40. The molecule has 6 heteroatoms. The Balaban J connectivity index is 2.09. The molecule has 0 amide bonds. The van der Waals surface area contributed by atoms with E-state index in [4.69, 9.17) is 0 Å². The summed E-state index contributed by atoms with van der Waals surface area (Å²) in [6.45, 7) is 3.19. The molecule has 0 saturated carbocycles. The molecular weight excluding hydrogens is 268 g/mol. The van der Waals surface area contributed by atoms with Crippen LogP contribution in [-0.4, -0.2) is 50.8 Å². The smallest absolute Gasteiger partial charge is 0.252 e. The molecule has 0 radical (unpaired) electrons. The largest absolute Gasteiger partial charge is 0.306 e. The Morgan fingerprint density at radius 3 is 2.33 bits per heavy atom. The first-order valence-electron chi connectivity index (χ1n) is 6.14. The second kappa shape index (κ2) is 5.28. The van der Waals surface area contributed by atoms with Gasteiger partial charge in [-0.15, -0.1) is 11.3 Å². The SMILES string of the molecule is Cc1ccc(S(=O)(=O)N2CCC(N(C)C)CC2)s1. The average molecular weight is 288 g/mol. The van der Waals surface area contributed by atoms with Crippen LogP contribution < -0.4 is 0 Å². The number of thiophene rings is 1. The maximum atomic E-state index is 12.4. The van der Waals surface area contributed by atoms with E-state index in [0.717, 1.165) is 17.7 Å². The predicted octanol–water partition coefficient (Wildman–Crippen LogP) is 1.77. The van der Waals surface area contributed by atoms with Crippen molar-refractivity contribution in [2.45, 2.75) is 30.0 Å². The van der Waals surface area contributed by atoms with E-state index in [0.29, 0.717) is 23.3 Å². The van der Waals surface area contributed by atoms with Gasteiger partial charge in [-0.3, -0.25) is 0 Å². The fourth-order valence-corrected chi connectivity index (χ4v) is 5.18. The van der Waals surface area contributed by atoms with E-state index in [1.165, 1.54) is 11.3 Å². The average Bonchev–Trinajstić information content (AvgIpc) is 2.76. The second-order valence-electron chi connectivity index (χ2n) is 4.96. The highest BCUT2D eigenvalue weighted by atomic mass is 32.2. The summed E-state index contributed by atoms with van der Waals surface area (Å²) in [5.41, 5.74) is 0. The van der Waals surface area contributed by atoms with E-state index < -0.39 is 10.0 Å². The summed E-state index contributed by atoms with van der Waals surface area (Å²) in [6.07, 6.45) is 1.83. The minimum absolute atomic E-state index is 0.475. The van der Waals surface area contributed by atoms with Crippen molar-refractivity contribution in [1.29, 1.82) is 0 Å². The van der Waals surface area contributed by atoms with Crippen LogP contribution in [0.5, 0.6) is 0 Å². The number of piperidine rings is 1. The van der Waals surface area contributed by atoms with E-state index in [2.05, 4.69) is 19.0 Å². The zero-order valence-electron chi connectivity index (χ0n) is 11.1. The van der Waals surface area contributed by atoms with Gasteiger partial charge < -0.3 is 4.90 Å². The first-order chi connectivity index (χ1) is 8.41. The fourth-order valence-electron chi connectivity index (χ4n) is 2.28. The molecule has 1 aliphatic heterocycles. The molecule has 4 nitrogen and oxygen atoms in total. The molecule has 0 bridgehead atoms. The molecule has 0 aliphatic carbocycles. The van der Waals surface area contributed by atoms with Crippen molar-refractivity contribution in [1.82, 2.24) is 9.21 Å². The van der Waals surface area contributed by atoms with Gasteiger partial charge in [0, 0.05) is 24.0 Å². The number of aryl methyl sites for hydroxylation is 1. The Morgan fingerprint density at radius 2 is 1.89 bits per heavy atom. The van der Waals surface area contributed by atoms with Crippen molar-refractivity contribution in [3.8, 4) is 0 Å². The van der Waals surface area contributed by atoms with Crippen molar-refractivity contribution in [3.63, 3.8) is 0 Å². The predicted molar refractivity (Wildman–Crippen MR) is 74.5 cm³/mol. The van der Waals surface area contributed by atoms with Gasteiger partial charge in [0.2, 0.25) is 0 Å². The molecule has 0 N–H and O–H groups in total. The topological polar surface area (TPSA) is 40.6 Å². The third kappa shape index (κ3) is 2.77. The summed E-state index contributed by atoms with van der Waals surface area (Å²) in [7, 11) is 0.849. The zero-order chi connectivity index (χ0) is 13.3. The Bertz CT molecular complexity index is 500. The molecule has 0 aromatic carbocycles. The first kappa shape index (κ1) is 14.0. The fraction of sp³-hybridized carbons (Fsp3) is 0.667. The van der Waals surface area contributed by atoms with Gasteiger partial charge in [-0.2, -0.15) is 4.31 Å². The van der Waals surface area contributed by atoms with E-state index in [-0.39, 0.29) is 0 Å². The zero-order valence-corrected chi connectivity index (χ0v) is 12.7. The molecule has 1 aromatic rings. The molecule has 102 valence electrons. The van der Waals surface area contributed by atoms with Crippen LogP contribution in [0.25, 0.3) is 0 Å². The number of hydrogen-bond acceptors (Lipinski definition) is 4. The molecular formula is C12H20N2O2S2. The van der Waals surface area contributed by atoms with Crippen LogP contribution in [0.3, 0.4) is 0 Å². The van der Waals surface area contributed by atoms with Crippen LogP contribution >= 0.6 is 11.3 Å². The highest BCUT2D eigenvalue weighted by Crippen LogP contribution is 2.27. The van der Waals surface area contributed by atoms with E-state index >= 15 is 0 Å². The molecule has 0 spiro atoms.